The lowest BCUT2D eigenvalue weighted by Gasteiger charge is -2.55. The Bertz CT molecular complexity index is 1340. The second kappa shape index (κ2) is 9.07. The van der Waals surface area contributed by atoms with Gasteiger partial charge in [0.25, 0.3) is 5.91 Å². The number of ketones is 2. The number of carbonyl (C=O) groups is 3. The Kier molecular flexibility index (Phi) is 6.32. The van der Waals surface area contributed by atoms with Crippen molar-refractivity contribution in [2.24, 2.45) is 17.1 Å². The molecule has 210 valence electrons. The molecule has 1 aromatic rings. The van der Waals surface area contributed by atoms with Crippen molar-refractivity contribution < 1.29 is 34.8 Å². The van der Waals surface area contributed by atoms with Crippen molar-refractivity contribution in [2.45, 2.75) is 37.3 Å². The molecule has 1 fully saturated rings. The number of benzene rings is 1. The highest BCUT2D eigenvalue weighted by molar-refractivity contribution is 6.25. The lowest BCUT2D eigenvalue weighted by Crippen LogP contribution is -2.66. The second-order valence-corrected chi connectivity index (χ2v) is 11.8. The third-order valence-electron chi connectivity index (χ3n) is 9.01. The van der Waals surface area contributed by atoms with Gasteiger partial charge in [-0.05, 0) is 70.6 Å². The first-order valence-electron chi connectivity index (χ1n) is 13.2. The van der Waals surface area contributed by atoms with E-state index in [0.29, 0.717) is 12.1 Å². The van der Waals surface area contributed by atoms with Crippen LogP contribution in [0, 0.1) is 11.3 Å². The van der Waals surface area contributed by atoms with Crippen LogP contribution in [-0.4, -0.2) is 107 Å². The molecule has 0 bridgehead atoms. The van der Waals surface area contributed by atoms with Crippen molar-refractivity contribution in [1.29, 1.82) is 0 Å². The summed E-state index contributed by atoms with van der Waals surface area (Å²) >= 11 is 0. The molecule has 6 N–H and O–H groups in total. The van der Waals surface area contributed by atoms with Crippen molar-refractivity contribution >= 4 is 23.2 Å². The second-order valence-electron chi connectivity index (χ2n) is 11.8. The first-order chi connectivity index (χ1) is 18.3. The maximum Gasteiger partial charge on any atom is 0.255 e. The molecule has 1 amide bonds. The summed E-state index contributed by atoms with van der Waals surface area (Å²) in [5, 5.41) is 45.7. The van der Waals surface area contributed by atoms with Crippen LogP contribution in [-0.2, 0) is 16.0 Å². The smallest absolute Gasteiger partial charge is 0.255 e. The van der Waals surface area contributed by atoms with Crippen LogP contribution in [0.25, 0.3) is 0 Å². The number of nitrogens with two attached hydrogens (primary N) is 1. The van der Waals surface area contributed by atoms with Gasteiger partial charge in [0, 0.05) is 43.2 Å². The van der Waals surface area contributed by atoms with Crippen LogP contribution >= 0.6 is 0 Å². The highest BCUT2D eigenvalue weighted by Crippen LogP contribution is 2.58. The molecule has 1 saturated heterocycles. The number of Topliss-reactive ketones (excluding diaryl/α,β-unsaturated/α-hetero) is 2. The van der Waals surface area contributed by atoms with E-state index < -0.39 is 57.5 Å². The maximum absolute atomic E-state index is 14.3. The third-order valence-corrected chi connectivity index (χ3v) is 9.01. The molecule has 11 heteroatoms. The number of amides is 1. The van der Waals surface area contributed by atoms with Crippen molar-refractivity contribution in [2.75, 3.05) is 52.7 Å². The number of likely N-dealkylation sites (tertiary alicyclic amines) is 1. The topological polar surface area (TPSA) is 168 Å². The molecule has 4 aliphatic rings. The molecule has 0 spiro atoms. The number of nitrogens with zero attached hydrogens (tertiary/aromatic N) is 3. The zero-order valence-corrected chi connectivity index (χ0v) is 22.7. The first kappa shape index (κ1) is 27.2. The SMILES string of the molecule is CN(C)c1ccc(O)c2c1C[C@@]1(CN3CCCC3)C[C@H]3[C@H](N(C)C)C(O)=C(C(N)=O)C(=O)[C@@]3(O)C(O)=C1C2=O. The zero-order chi connectivity index (χ0) is 28.6. The summed E-state index contributed by atoms with van der Waals surface area (Å²) in [6.07, 6.45) is 2.26. The van der Waals surface area contributed by atoms with E-state index in [1.54, 1.807) is 25.1 Å². The molecule has 3 aliphatic carbocycles. The molecule has 1 aromatic carbocycles. The number of carbonyl (C=O) groups excluding carboxylic acids is 3. The highest BCUT2D eigenvalue weighted by Gasteiger charge is 2.66. The number of hydrogen-bond donors (Lipinski definition) is 5. The fourth-order valence-corrected chi connectivity index (χ4v) is 7.41. The van der Waals surface area contributed by atoms with Crippen LogP contribution in [0.4, 0.5) is 5.69 Å². The number of aliphatic hydroxyl groups is 3. The minimum absolute atomic E-state index is 0.0165. The van der Waals surface area contributed by atoms with Gasteiger partial charge in [0.15, 0.2) is 11.4 Å². The van der Waals surface area contributed by atoms with Crippen molar-refractivity contribution in [3.63, 3.8) is 0 Å². The summed E-state index contributed by atoms with van der Waals surface area (Å²) in [5.41, 5.74) is 2.16. The molecule has 39 heavy (non-hydrogen) atoms. The summed E-state index contributed by atoms with van der Waals surface area (Å²) in [6, 6.07) is 2.11. The van der Waals surface area contributed by atoms with Crippen molar-refractivity contribution in [1.82, 2.24) is 9.80 Å². The standard InChI is InChI=1S/C28H36N4O7/c1-30(2)16-7-8-17(33)18-14(16)11-27(13-32-9-5-6-10-32)12-15-21(31(3)4)23(35)19(26(29)38)24(36)28(15,39)25(37)20(27)22(18)34/h7-8,15,21,33,35,37,39H,5-6,9-13H2,1-4H3,(H2,29,38)/t15-,21-,27-,28+/m0/s1. The van der Waals surface area contributed by atoms with E-state index in [-0.39, 0.29) is 29.7 Å². The summed E-state index contributed by atoms with van der Waals surface area (Å²) in [6.45, 7) is 1.95. The van der Waals surface area contributed by atoms with Gasteiger partial charge >= 0.3 is 0 Å². The Morgan fingerprint density at radius 2 is 1.74 bits per heavy atom. The van der Waals surface area contributed by atoms with Crippen LogP contribution in [0.3, 0.4) is 0 Å². The van der Waals surface area contributed by atoms with Gasteiger partial charge in [-0.3, -0.25) is 19.3 Å². The molecule has 4 atom stereocenters. The highest BCUT2D eigenvalue weighted by atomic mass is 16.3. The Morgan fingerprint density at radius 3 is 2.31 bits per heavy atom. The number of phenols is 1. The number of rotatable bonds is 5. The number of fused-ring (bicyclic) bond motifs is 3. The fourth-order valence-electron chi connectivity index (χ4n) is 7.41. The Labute approximate surface area is 226 Å². The van der Waals surface area contributed by atoms with E-state index >= 15 is 0 Å². The number of likely N-dealkylation sites (N-methyl/N-ethyl adjacent to an activating group) is 1. The number of hydrogen-bond acceptors (Lipinski definition) is 10. The fraction of sp³-hybridized carbons (Fsp3) is 0.536. The summed E-state index contributed by atoms with van der Waals surface area (Å²) in [4.78, 5) is 45.8. The quantitative estimate of drug-likeness (QED) is 0.335. The van der Waals surface area contributed by atoms with Gasteiger partial charge in [-0.25, -0.2) is 0 Å². The van der Waals surface area contributed by atoms with E-state index in [4.69, 9.17) is 5.73 Å². The molecule has 0 unspecified atom stereocenters. The molecule has 11 nitrogen and oxygen atoms in total. The van der Waals surface area contributed by atoms with Gasteiger partial charge in [-0.2, -0.15) is 0 Å². The van der Waals surface area contributed by atoms with Gasteiger partial charge in [-0.1, -0.05) is 0 Å². The molecule has 0 aromatic heterocycles. The van der Waals surface area contributed by atoms with Crippen LogP contribution in [0.15, 0.2) is 34.8 Å². The van der Waals surface area contributed by atoms with Crippen LogP contribution in [0.1, 0.15) is 35.2 Å². The van der Waals surface area contributed by atoms with Gasteiger partial charge in [0.1, 0.15) is 22.8 Å². The van der Waals surface area contributed by atoms with Crippen molar-refractivity contribution in [3.8, 4) is 5.75 Å². The number of anilines is 1. The molecule has 1 heterocycles. The van der Waals surface area contributed by atoms with Gasteiger partial charge in [0.2, 0.25) is 5.78 Å². The van der Waals surface area contributed by atoms with Crippen molar-refractivity contribution in [3.05, 3.63) is 45.9 Å². The average Bonchev–Trinajstić information content (AvgIpc) is 3.33. The molecule has 1 aliphatic heterocycles. The van der Waals surface area contributed by atoms with Gasteiger partial charge in [-0.15, -0.1) is 0 Å². The summed E-state index contributed by atoms with van der Waals surface area (Å²) in [7, 11) is 6.93. The minimum atomic E-state index is -2.67. The van der Waals surface area contributed by atoms with Crippen LogP contribution in [0.5, 0.6) is 5.75 Å². The Hall–Kier alpha value is -3.41. The number of primary amides is 1. The molecular formula is C28H36N4O7. The first-order valence-corrected chi connectivity index (χ1v) is 13.2. The number of aromatic hydroxyl groups is 1. The Balaban J connectivity index is 1.82. The molecule has 5 rings (SSSR count). The Morgan fingerprint density at radius 1 is 1.10 bits per heavy atom. The van der Waals surface area contributed by atoms with E-state index in [2.05, 4.69) is 4.90 Å². The normalized spacial score (nSPS) is 30.9. The van der Waals surface area contributed by atoms with E-state index in [0.717, 1.165) is 31.6 Å². The van der Waals surface area contributed by atoms with Crippen LogP contribution < -0.4 is 10.6 Å². The van der Waals surface area contributed by atoms with E-state index in [1.807, 2.05) is 19.0 Å². The molecule has 0 radical (unpaired) electrons. The predicted octanol–water partition coefficient (Wildman–Crippen LogP) is 0.653. The predicted molar refractivity (Wildman–Crippen MR) is 143 cm³/mol. The summed E-state index contributed by atoms with van der Waals surface area (Å²) < 4.78 is 0. The zero-order valence-electron chi connectivity index (χ0n) is 22.7. The summed E-state index contributed by atoms with van der Waals surface area (Å²) in [5.74, 6) is -5.91. The van der Waals surface area contributed by atoms with E-state index in [1.165, 1.54) is 6.07 Å². The van der Waals surface area contributed by atoms with Gasteiger partial charge < -0.3 is 36.0 Å². The lowest BCUT2D eigenvalue weighted by molar-refractivity contribution is -0.150. The minimum Gasteiger partial charge on any atom is -0.510 e. The lowest BCUT2D eigenvalue weighted by atomic mass is 9.52. The largest absolute Gasteiger partial charge is 0.510 e. The average molecular weight is 541 g/mol. The number of aliphatic hydroxyl groups excluding tert-OH is 2. The van der Waals surface area contributed by atoms with Crippen LogP contribution in [0.2, 0.25) is 0 Å². The van der Waals surface area contributed by atoms with Gasteiger partial charge in [0.05, 0.1) is 11.6 Å². The molecular weight excluding hydrogens is 504 g/mol. The maximum atomic E-state index is 14.3. The van der Waals surface area contributed by atoms with E-state index in [9.17, 15) is 34.8 Å². The number of phenolic OH excluding ortho intramolecular Hbond substituents is 1. The molecule has 0 saturated carbocycles. The third kappa shape index (κ3) is 3.70. The monoisotopic (exact) mass is 540 g/mol.